The molecule has 2 heterocycles. The van der Waals surface area contributed by atoms with Crippen LogP contribution in [0.2, 0.25) is 5.02 Å². The van der Waals surface area contributed by atoms with E-state index >= 15 is 0 Å². The number of amides is 1. The summed E-state index contributed by atoms with van der Waals surface area (Å²) in [5.41, 5.74) is 2.50. The Bertz CT molecular complexity index is 1130. The molecular weight excluding hydrogens is 408 g/mol. The molecule has 1 aromatic heterocycles. The molecule has 2 N–H and O–H groups in total. The van der Waals surface area contributed by atoms with E-state index < -0.39 is 6.04 Å². The highest BCUT2D eigenvalue weighted by molar-refractivity contribution is 6.30. The lowest BCUT2D eigenvalue weighted by Gasteiger charge is -2.28. The van der Waals surface area contributed by atoms with Crippen molar-refractivity contribution in [1.82, 2.24) is 20.2 Å². The van der Waals surface area contributed by atoms with Crippen molar-refractivity contribution in [2.75, 3.05) is 24.9 Å². The third kappa shape index (κ3) is 3.55. The molecule has 0 radical (unpaired) electrons. The molecule has 1 amide bonds. The van der Waals surface area contributed by atoms with Crippen molar-refractivity contribution in [1.29, 1.82) is 0 Å². The van der Waals surface area contributed by atoms with Crippen LogP contribution in [-0.2, 0) is 4.79 Å². The smallest absolute Gasteiger partial charge is 0.255 e. The van der Waals surface area contributed by atoms with Gasteiger partial charge in [0.2, 0.25) is 5.95 Å². The van der Waals surface area contributed by atoms with Crippen LogP contribution in [0.15, 0.2) is 53.7 Å². The molecule has 9 nitrogen and oxygen atoms in total. The van der Waals surface area contributed by atoms with Gasteiger partial charge in [0.25, 0.3) is 5.91 Å². The minimum atomic E-state index is -0.566. The maximum absolute atomic E-state index is 13.3. The Morgan fingerprint density at radius 2 is 1.87 bits per heavy atom. The van der Waals surface area contributed by atoms with E-state index in [4.69, 9.17) is 21.1 Å². The average Bonchev–Trinajstić information content (AvgIpc) is 3.21. The van der Waals surface area contributed by atoms with Crippen LogP contribution in [-0.4, -0.2) is 40.3 Å². The highest BCUT2D eigenvalue weighted by atomic mass is 35.5. The Labute approximate surface area is 177 Å². The number of benzene rings is 2. The van der Waals surface area contributed by atoms with Crippen molar-refractivity contribution in [3.63, 3.8) is 0 Å². The van der Waals surface area contributed by atoms with Crippen LogP contribution in [0.5, 0.6) is 11.5 Å². The van der Waals surface area contributed by atoms with Gasteiger partial charge in [0.05, 0.1) is 19.8 Å². The van der Waals surface area contributed by atoms with Crippen molar-refractivity contribution in [2.24, 2.45) is 0 Å². The normalized spacial score (nSPS) is 15.3. The standard InChI is InChI=1S/C20H19ClN6O3/c1-11-17(19(28)23-14-7-5-13(21)6-8-14)18(27-20(22-11)24-25-26-27)12-4-9-15(29-2)16(10-12)30-3/h4-10,18H,1-3H3,(H,23,28)(H,22,24,26). The van der Waals surface area contributed by atoms with E-state index in [0.717, 1.165) is 5.56 Å². The number of nitrogens with one attached hydrogen (secondary N) is 2. The molecule has 4 rings (SSSR count). The van der Waals surface area contributed by atoms with E-state index in [2.05, 4.69) is 26.2 Å². The Balaban J connectivity index is 1.77. The third-order valence-electron chi connectivity index (χ3n) is 4.78. The fourth-order valence-electron chi connectivity index (χ4n) is 3.37. The molecule has 2 aromatic carbocycles. The molecule has 10 heteroatoms. The molecule has 154 valence electrons. The molecule has 1 aliphatic heterocycles. The van der Waals surface area contributed by atoms with Gasteiger partial charge in [-0.15, -0.1) is 0 Å². The van der Waals surface area contributed by atoms with Gasteiger partial charge in [0, 0.05) is 16.4 Å². The molecule has 3 aromatic rings. The zero-order valence-electron chi connectivity index (χ0n) is 16.5. The molecule has 0 aliphatic carbocycles. The molecule has 1 atom stereocenters. The fraction of sp³-hybridized carbons (Fsp3) is 0.200. The van der Waals surface area contributed by atoms with Crippen molar-refractivity contribution < 1.29 is 14.3 Å². The van der Waals surface area contributed by atoms with E-state index in [-0.39, 0.29) is 5.91 Å². The van der Waals surface area contributed by atoms with E-state index in [1.165, 1.54) is 0 Å². The maximum atomic E-state index is 13.3. The summed E-state index contributed by atoms with van der Waals surface area (Å²) in [6.45, 7) is 1.81. The predicted octanol–water partition coefficient (Wildman–Crippen LogP) is 3.27. The van der Waals surface area contributed by atoms with Crippen molar-refractivity contribution >= 4 is 29.1 Å². The molecule has 1 unspecified atom stereocenters. The topological polar surface area (TPSA) is 103 Å². The highest BCUT2D eigenvalue weighted by Gasteiger charge is 2.34. The minimum Gasteiger partial charge on any atom is -0.493 e. The number of hydrogen-bond donors (Lipinski definition) is 2. The molecule has 0 saturated carbocycles. The fourth-order valence-corrected chi connectivity index (χ4v) is 3.50. The monoisotopic (exact) mass is 426 g/mol. The summed E-state index contributed by atoms with van der Waals surface area (Å²) >= 11 is 5.94. The molecule has 0 fully saturated rings. The highest BCUT2D eigenvalue weighted by Crippen LogP contribution is 2.38. The Morgan fingerprint density at radius 3 is 2.57 bits per heavy atom. The SMILES string of the molecule is COc1ccc(C2C(C(=O)Nc3ccc(Cl)cc3)=C(C)Nc3nnnn32)cc1OC. The number of rotatable bonds is 5. The number of anilines is 2. The summed E-state index contributed by atoms with van der Waals surface area (Å²) in [5.74, 6) is 1.27. The zero-order chi connectivity index (χ0) is 21.3. The number of nitrogens with zero attached hydrogens (tertiary/aromatic N) is 4. The lowest BCUT2D eigenvalue weighted by atomic mass is 9.94. The predicted molar refractivity (Wildman–Crippen MR) is 112 cm³/mol. The second kappa shape index (κ2) is 8.03. The Hall–Kier alpha value is -3.59. The first-order valence-corrected chi connectivity index (χ1v) is 9.44. The number of tetrazole rings is 1. The van der Waals surface area contributed by atoms with Gasteiger partial charge in [0.1, 0.15) is 6.04 Å². The van der Waals surface area contributed by atoms with E-state index in [9.17, 15) is 4.79 Å². The van der Waals surface area contributed by atoms with Gasteiger partial charge < -0.3 is 20.1 Å². The lowest BCUT2D eigenvalue weighted by Crippen LogP contribution is -2.31. The summed E-state index contributed by atoms with van der Waals surface area (Å²) < 4.78 is 12.3. The summed E-state index contributed by atoms with van der Waals surface area (Å²) in [6.07, 6.45) is 0. The first-order chi connectivity index (χ1) is 14.5. The maximum Gasteiger partial charge on any atom is 0.255 e. The van der Waals surface area contributed by atoms with Crippen LogP contribution in [0.25, 0.3) is 0 Å². The van der Waals surface area contributed by atoms with Gasteiger partial charge in [-0.1, -0.05) is 22.8 Å². The van der Waals surface area contributed by atoms with Crippen molar-refractivity contribution in [3.05, 3.63) is 64.3 Å². The van der Waals surface area contributed by atoms with Crippen LogP contribution in [0, 0.1) is 0 Å². The largest absolute Gasteiger partial charge is 0.493 e. The number of carbonyl (C=O) groups is 1. The minimum absolute atomic E-state index is 0.289. The lowest BCUT2D eigenvalue weighted by molar-refractivity contribution is -0.113. The van der Waals surface area contributed by atoms with Crippen LogP contribution >= 0.6 is 11.6 Å². The van der Waals surface area contributed by atoms with Gasteiger partial charge in [-0.3, -0.25) is 4.79 Å². The van der Waals surface area contributed by atoms with Gasteiger partial charge in [-0.05, 0) is 59.3 Å². The van der Waals surface area contributed by atoms with Gasteiger partial charge in [-0.2, -0.15) is 4.68 Å². The van der Waals surface area contributed by atoms with Gasteiger partial charge in [-0.25, -0.2) is 0 Å². The van der Waals surface area contributed by atoms with E-state index in [0.29, 0.717) is 39.4 Å². The van der Waals surface area contributed by atoms with E-state index in [1.54, 1.807) is 49.2 Å². The first kappa shape index (κ1) is 19.7. The first-order valence-electron chi connectivity index (χ1n) is 9.06. The number of halogens is 1. The molecule has 0 bridgehead atoms. The summed E-state index contributed by atoms with van der Waals surface area (Å²) in [4.78, 5) is 13.3. The Morgan fingerprint density at radius 1 is 1.13 bits per heavy atom. The summed E-state index contributed by atoms with van der Waals surface area (Å²) in [7, 11) is 3.12. The number of hydrogen-bond acceptors (Lipinski definition) is 7. The number of fused-ring (bicyclic) bond motifs is 1. The Kier molecular flexibility index (Phi) is 5.28. The molecule has 1 aliphatic rings. The zero-order valence-corrected chi connectivity index (χ0v) is 17.3. The molecular formula is C20H19ClN6O3. The quantitative estimate of drug-likeness (QED) is 0.645. The van der Waals surface area contributed by atoms with Gasteiger partial charge >= 0.3 is 0 Å². The number of carbonyl (C=O) groups excluding carboxylic acids is 1. The third-order valence-corrected chi connectivity index (χ3v) is 5.04. The second-order valence-electron chi connectivity index (χ2n) is 6.59. The van der Waals surface area contributed by atoms with Crippen LogP contribution in [0.1, 0.15) is 18.5 Å². The second-order valence-corrected chi connectivity index (χ2v) is 7.03. The van der Waals surface area contributed by atoms with Crippen LogP contribution in [0.4, 0.5) is 11.6 Å². The van der Waals surface area contributed by atoms with Gasteiger partial charge in [0.15, 0.2) is 11.5 Å². The van der Waals surface area contributed by atoms with Crippen LogP contribution < -0.4 is 20.1 Å². The van der Waals surface area contributed by atoms with E-state index in [1.807, 2.05) is 19.1 Å². The van der Waals surface area contributed by atoms with Crippen LogP contribution in [0.3, 0.4) is 0 Å². The number of allylic oxidation sites excluding steroid dienone is 1. The average molecular weight is 427 g/mol. The van der Waals surface area contributed by atoms with Crippen molar-refractivity contribution in [2.45, 2.75) is 13.0 Å². The summed E-state index contributed by atoms with van der Waals surface area (Å²) in [6, 6.07) is 11.8. The molecule has 0 spiro atoms. The summed E-state index contributed by atoms with van der Waals surface area (Å²) in [5, 5.41) is 18.4. The number of methoxy groups -OCH3 is 2. The van der Waals surface area contributed by atoms with Crippen molar-refractivity contribution in [3.8, 4) is 11.5 Å². The number of aromatic nitrogens is 4. The molecule has 0 saturated heterocycles. The molecule has 30 heavy (non-hydrogen) atoms. The number of ether oxygens (including phenoxy) is 2.